The highest BCUT2D eigenvalue weighted by Crippen LogP contribution is 2.47. The Morgan fingerprint density at radius 3 is 1.50 bits per heavy atom. The molecule has 0 aliphatic carbocycles. The van der Waals surface area contributed by atoms with Gasteiger partial charge in [-0.1, -0.05) is 182 Å². The Balaban J connectivity index is 1.14. The quantitative estimate of drug-likeness (QED) is 0.173. The zero-order valence-corrected chi connectivity index (χ0v) is 36.3. The van der Waals surface area contributed by atoms with E-state index in [4.69, 9.17) is 15.0 Å². The molecule has 0 spiro atoms. The van der Waals surface area contributed by atoms with Crippen LogP contribution in [0.15, 0.2) is 218 Å². The lowest BCUT2D eigenvalue weighted by atomic mass is 10.0. The van der Waals surface area contributed by atoms with E-state index in [9.17, 15) is 0 Å². The molecule has 0 bridgehead atoms. The maximum atomic E-state index is 5.54. The summed E-state index contributed by atoms with van der Waals surface area (Å²) in [6, 6.07) is 78.7. The first-order chi connectivity index (χ1) is 32.7. The molecule has 0 fully saturated rings. The minimum Gasteiger partial charge on any atom is -0.307 e. The molecule has 0 atom stereocenters. The van der Waals surface area contributed by atoms with E-state index in [1.165, 1.54) is 63.3 Å². The molecular formula is C61H36N4S. The molecule has 0 N–H and O–H groups in total. The predicted molar refractivity (Wildman–Crippen MR) is 279 cm³/mol. The molecule has 0 radical (unpaired) electrons. The fourth-order valence-electron chi connectivity index (χ4n) is 10.2. The van der Waals surface area contributed by atoms with Crippen molar-refractivity contribution in [2.75, 3.05) is 0 Å². The number of fused-ring (bicyclic) bond motifs is 11. The van der Waals surface area contributed by atoms with Gasteiger partial charge in [0.25, 0.3) is 0 Å². The third-order valence-corrected chi connectivity index (χ3v) is 14.6. The number of nitrogens with zero attached hydrogens (tertiary/aromatic N) is 4. The minimum absolute atomic E-state index is 0.615. The van der Waals surface area contributed by atoms with Gasteiger partial charge in [-0.05, 0) is 90.6 Å². The summed E-state index contributed by atoms with van der Waals surface area (Å²) in [5.74, 6) is 1.86. The monoisotopic (exact) mass is 856 g/mol. The summed E-state index contributed by atoms with van der Waals surface area (Å²) in [5, 5.41) is 14.4. The normalized spacial score (nSPS) is 11.9. The Morgan fingerprint density at radius 2 is 0.788 bits per heavy atom. The highest BCUT2D eigenvalue weighted by molar-refractivity contribution is 7.27. The molecule has 306 valence electrons. The average Bonchev–Trinajstić information content (AvgIpc) is 3.92. The smallest absolute Gasteiger partial charge is 0.166 e. The zero-order valence-electron chi connectivity index (χ0n) is 35.5. The second kappa shape index (κ2) is 14.5. The first-order valence-corrected chi connectivity index (χ1v) is 23.2. The van der Waals surface area contributed by atoms with Gasteiger partial charge >= 0.3 is 0 Å². The number of aromatic nitrogens is 4. The molecule has 11 aromatic carbocycles. The third-order valence-electron chi connectivity index (χ3n) is 13.4. The van der Waals surface area contributed by atoms with Crippen LogP contribution in [0.3, 0.4) is 0 Å². The molecule has 3 aromatic heterocycles. The van der Waals surface area contributed by atoms with Crippen molar-refractivity contribution in [3.05, 3.63) is 218 Å². The highest BCUT2D eigenvalue weighted by Gasteiger charge is 2.25. The van der Waals surface area contributed by atoms with Crippen molar-refractivity contribution in [3.8, 4) is 51.0 Å². The molecular weight excluding hydrogens is 821 g/mol. The molecule has 14 aromatic rings. The Hall–Kier alpha value is -8.51. The van der Waals surface area contributed by atoms with Crippen molar-refractivity contribution in [2.45, 2.75) is 0 Å². The van der Waals surface area contributed by atoms with E-state index in [0.717, 1.165) is 55.3 Å². The lowest BCUT2D eigenvalue weighted by molar-refractivity contribution is 1.07. The zero-order chi connectivity index (χ0) is 43.3. The van der Waals surface area contributed by atoms with Gasteiger partial charge in [0.1, 0.15) is 0 Å². The maximum Gasteiger partial charge on any atom is 0.166 e. The van der Waals surface area contributed by atoms with Crippen molar-refractivity contribution in [2.24, 2.45) is 0 Å². The van der Waals surface area contributed by atoms with Gasteiger partial charge in [0.05, 0.1) is 21.4 Å². The van der Waals surface area contributed by atoms with Gasteiger partial charge in [-0.25, -0.2) is 15.0 Å². The number of rotatable bonds is 5. The van der Waals surface area contributed by atoms with Crippen molar-refractivity contribution < 1.29 is 0 Å². The summed E-state index contributed by atoms with van der Waals surface area (Å²) in [6.07, 6.45) is 0. The van der Waals surface area contributed by atoms with Crippen LogP contribution in [0.25, 0.3) is 136 Å². The molecule has 4 nitrogen and oxygen atoms in total. The molecule has 66 heavy (non-hydrogen) atoms. The fraction of sp³-hybridized carbons (Fsp3) is 0. The molecule has 0 saturated carbocycles. The first kappa shape index (κ1) is 36.9. The third kappa shape index (κ3) is 5.74. The van der Waals surface area contributed by atoms with Gasteiger partial charge in [-0.15, -0.1) is 11.3 Å². The Labute approximate surface area is 383 Å². The minimum atomic E-state index is 0.615. The van der Waals surface area contributed by atoms with Gasteiger partial charge in [0, 0.05) is 42.9 Å². The number of hydrogen-bond acceptors (Lipinski definition) is 4. The number of benzene rings is 11. The lowest BCUT2D eigenvalue weighted by Gasteiger charge is -2.17. The van der Waals surface area contributed by atoms with Crippen LogP contribution >= 0.6 is 11.3 Å². The molecule has 0 saturated heterocycles. The molecule has 0 amide bonds. The molecule has 5 heteroatoms. The molecule has 0 aliphatic heterocycles. The summed E-state index contributed by atoms with van der Waals surface area (Å²) in [7, 11) is 0. The summed E-state index contributed by atoms with van der Waals surface area (Å²) < 4.78 is 4.96. The highest BCUT2D eigenvalue weighted by atomic mass is 32.1. The molecule has 0 aliphatic rings. The molecule has 0 unspecified atom stereocenters. The summed E-state index contributed by atoms with van der Waals surface area (Å²) >= 11 is 1.86. The van der Waals surface area contributed by atoms with E-state index in [1.54, 1.807) is 0 Å². The van der Waals surface area contributed by atoms with E-state index in [-0.39, 0.29) is 0 Å². The van der Waals surface area contributed by atoms with Crippen molar-refractivity contribution in [3.63, 3.8) is 0 Å². The summed E-state index contributed by atoms with van der Waals surface area (Å²) in [4.78, 5) is 16.4. The van der Waals surface area contributed by atoms with Gasteiger partial charge in [0.15, 0.2) is 17.5 Å². The SMILES string of the molecule is c1ccc(-c2cccc(-c3nc(-c4ccc5c(sc6c7ccccc7ccc56)c4-n4c5cc6ccccc6cc5c5cc6ccccc6cc54)nc(-c4cccc5ccccc45)n3)c2)cc1. The van der Waals surface area contributed by atoms with Crippen LogP contribution in [0.1, 0.15) is 0 Å². The lowest BCUT2D eigenvalue weighted by Crippen LogP contribution is -2.04. The average molecular weight is 857 g/mol. The second-order valence-electron chi connectivity index (χ2n) is 17.2. The van der Waals surface area contributed by atoms with Crippen LogP contribution in [-0.4, -0.2) is 19.5 Å². The van der Waals surface area contributed by atoms with Crippen molar-refractivity contribution in [1.82, 2.24) is 19.5 Å². The Kier molecular flexibility index (Phi) is 8.12. The van der Waals surface area contributed by atoms with Crippen molar-refractivity contribution >= 4 is 96.4 Å². The summed E-state index contributed by atoms with van der Waals surface area (Å²) in [6.45, 7) is 0. The topological polar surface area (TPSA) is 43.6 Å². The Morgan fingerprint density at radius 1 is 0.288 bits per heavy atom. The van der Waals surface area contributed by atoms with E-state index >= 15 is 0 Å². The van der Waals surface area contributed by atoms with E-state index in [2.05, 4.69) is 223 Å². The predicted octanol–water partition coefficient (Wildman–Crippen LogP) is 16.6. The fourth-order valence-corrected chi connectivity index (χ4v) is 11.6. The standard InChI is InChI=1S/C61H36N4S/c1-2-14-37(15-3-1)40-23-12-24-45(32-40)59-62-60(50-27-13-22-38-16-8-10-25-46(38)50)64-61(63-59)51-31-30-49-48-29-28-39-17-9-11-26-47(39)57(48)66-58(49)56(51)65-54-35-43-20-6-4-18-41(43)33-52(54)53-34-42-19-5-7-21-44(42)36-55(53)65/h1-36H. The van der Waals surface area contributed by atoms with Gasteiger partial charge < -0.3 is 4.57 Å². The van der Waals surface area contributed by atoms with Crippen molar-refractivity contribution in [1.29, 1.82) is 0 Å². The van der Waals surface area contributed by atoms with Gasteiger partial charge in [-0.2, -0.15) is 0 Å². The van der Waals surface area contributed by atoms with E-state index in [1.807, 2.05) is 11.3 Å². The number of hydrogen-bond donors (Lipinski definition) is 0. The molecule has 3 heterocycles. The molecule has 14 rings (SSSR count). The Bertz CT molecular complexity index is 4200. The van der Waals surface area contributed by atoms with E-state index in [0.29, 0.717) is 17.5 Å². The maximum absolute atomic E-state index is 5.54. The van der Waals surface area contributed by atoms with E-state index < -0.39 is 0 Å². The van der Waals surface area contributed by atoms with Crippen LogP contribution in [0, 0.1) is 0 Å². The second-order valence-corrected chi connectivity index (χ2v) is 18.2. The van der Waals surface area contributed by atoms with Crippen LogP contribution in [0.5, 0.6) is 0 Å². The number of thiophene rings is 1. The van der Waals surface area contributed by atoms with Crippen LogP contribution in [0.4, 0.5) is 0 Å². The van der Waals surface area contributed by atoms with Crippen LogP contribution in [0.2, 0.25) is 0 Å². The largest absolute Gasteiger partial charge is 0.307 e. The van der Waals surface area contributed by atoms with Crippen LogP contribution in [-0.2, 0) is 0 Å². The van der Waals surface area contributed by atoms with Gasteiger partial charge in [0.2, 0.25) is 0 Å². The summed E-state index contributed by atoms with van der Waals surface area (Å²) in [5.41, 5.74) is 8.38. The first-order valence-electron chi connectivity index (χ1n) is 22.3. The van der Waals surface area contributed by atoms with Crippen LogP contribution < -0.4 is 0 Å². The van der Waals surface area contributed by atoms with Gasteiger partial charge in [-0.3, -0.25) is 0 Å².